The van der Waals surface area contributed by atoms with Crippen LogP contribution >= 0.6 is 0 Å². The van der Waals surface area contributed by atoms with Gasteiger partial charge in [0.2, 0.25) is 0 Å². The predicted molar refractivity (Wildman–Crippen MR) is 98.3 cm³/mol. The molecule has 20 heavy (non-hydrogen) atoms. The molecule has 0 aliphatic carbocycles. The lowest BCUT2D eigenvalue weighted by atomic mass is 10.1. The number of hydrogen-bond acceptors (Lipinski definition) is 0. The molecular formula is C20H34. The molecule has 0 atom stereocenters. The number of hydrogen-bond donors (Lipinski definition) is 0. The van der Waals surface area contributed by atoms with Crippen molar-refractivity contribution in [3.8, 4) is 0 Å². The molecule has 0 nitrogen and oxygen atoms in total. The van der Waals surface area contributed by atoms with E-state index in [4.69, 9.17) is 0 Å². The summed E-state index contributed by atoms with van der Waals surface area (Å²) in [6.07, 6.45) is 4.21. The highest BCUT2D eigenvalue weighted by molar-refractivity contribution is 5.54. The molecule has 0 radical (unpaired) electrons. The van der Waals surface area contributed by atoms with Gasteiger partial charge >= 0.3 is 0 Å². The van der Waals surface area contributed by atoms with E-state index in [1.165, 1.54) is 27.8 Å². The van der Waals surface area contributed by atoms with Crippen LogP contribution in [-0.2, 0) is 0 Å². The second-order valence-electron chi connectivity index (χ2n) is 5.27. The van der Waals surface area contributed by atoms with E-state index < -0.39 is 0 Å². The Labute approximate surface area is 127 Å². The molecule has 0 unspecified atom stereocenters. The highest BCUT2D eigenvalue weighted by atomic mass is 14.0. The van der Waals surface area contributed by atoms with E-state index in [9.17, 15) is 0 Å². The third kappa shape index (κ3) is 18.8. The van der Waals surface area contributed by atoms with Gasteiger partial charge in [-0.3, -0.25) is 0 Å². The Morgan fingerprint density at radius 2 is 1.35 bits per heavy atom. The highest BCUT2D eigenvalue weighted by Gasteiger charge is 1.92. The second-order valence-corrected chi connectivity index (χ2v) is 5.27. The van der Waals surface area contributed by atoms with Crippen molar-refractivity contribution in [2.75, 3.05) is 0 Å². The van der Waals surface area contributed by atoms with Gasteiger partial charge in [0.1, 0.15) is 0 Å². The van der Waals surface area contributed by atoms with Crippen LogP contribution in [0.3, 0.4) is 0 Å². The second kappa shape index (κ2) is 13.9. The van der Waals surface area contributed by atoms with Crippen LogP contribution in [-0.4, -0.2) is 0 Å². The average molecular weight is 274 g/mol. The van der Waals surface area contributed by atoms with Gasteiger partial charge in [0.25, 0.3) is 0 Å². The monoisotopic (exact) mass is 274 g/mol. The zero-order valence-corrected chi connectivity index (χ0v) is 13.8. The van der Waals surface area contributed by atoms with Crippen molar-refractivity contribution < 1.29 is 0 Å². The lowest BCUT2D eigenvalue weighted by molar-refractivity contribution is 1.37. The van der Waals surface area contributed by atoms with E-state index in [1.807, 2.05) is 34.6 Å². The van der Waals surface area contributed by atoms with E-state index in [2.05, 4.69) is 57.4 Å². The molecule has 0 aliphatic heterocycles. The fourth-order valence-electron chi connectivity index (χ4n) is 1.12. The van der Waals surface area contributed by atoms with Crippen LogP contribution in [0.5, 0.6) is 0 Å². The molecule has 0 N–H and O–H groups in total. The molecule has 0 amide bonds. The summed E-state index contributed by atoms with van der Waals surface area (Å²) in [6.45, 7) is 21.3. The van der Waals surface area contributed by atoms with Crippen molar-refractivity contribution in [3.05, 3.63) is 65.3 Å². The van der Waals surface area contributed by atoms with Crippen molar-refractivity contribution in [1.82, 2.24) is 0 Å². The van der Waals surface area contributed by atoms with Gasteiger partial charge in [-0.1, -0.05) is 54.5 Å². The van der Waals surface area contributed by atoms with Crippen LogP contribution in [0.2, 0.25) is 0 Å². The largest absolute Gasteiger partial charge is 0.100 e. The van der Waals surface area contributed by atoms with Crippen LogP contribution in [0.15, 0.2) is 48.6 Å². The van der Waals surface area contributed by atoms with Gasteiger partial charge in [-0.15, -0.1) is 13.2 Å². The van der Waals surface area contributed by atoms with Crippen molar-refractivity contribution in [3.63, 3.8) is 0 Å². The first-order valence-electron chi connectivity index (χ1n) is 6.64. The third-order valence-corrected chi connectivity index (χ3v) is 1.78. The molecule has 0 fully saturated rings. The summed E-state index contributed by atoms with van der Waals surface area (Å²) >= 11 is 0. The maximum atomic E-state index is 3.56. The fraction of sp³-hybridized carbons (Fsp3) is 0.400. The lowest BCUT2D eigenvalue weighted by Crippen LogP contribution is -1.81. The molecule has 1 rings (SSSR count). The van der Waals surface area contributed by atoms with Gasteiger partial charge in [0.15, 0.2) is 0 Å². The minimum atomic E-state index is 0. The Morgan fingerprint density at radius 1 is 0.950 bits per heavy atom. The molecule has 1 aromatic rings. The summed E-state index contributed by atoms with van der Waals surface area (Å²) in [4.78, 5) is 0. The Morgan fingerprint density at radius 3 is 1.70 bits per heavy atom. The van der Waals surface area contributed by atoms with Gasteiger partial charge < -0.3 is 0 Å². The third-order valence-electron chi connectivity index (χ3n) is 1.78. The van der Waals surface area contributed by atoms with E-state index in [0.717, 1.165) is 0 Å². The zero-order chi connectivity index (χ0) is 15.4. The first kappa shape index (κ1) is 23.5. The minimum absolute atomic E-state index is 0. The molecular weight excluding hydrogens is 240 g/mol. The Hall–Kier alpha value is -1.56. The molecule has 0 aromatic heterocycles. The first-order chi connectivity index (χ1) is 8.70. The maximum absolute atomic E-state index is 3.56. The zero-order valence-electron chi connectivity index (χ0n) is 13.8. The maximum Gasteiger partial charge on any atom is -0.0228 e. The molecule has 0 saturated carbocycles. The smallest absolute Gasteiger partial charge is 0.0228 e. The van der Waals surface area contributed by atoms with E-state index in [0.29, 0.717) is 0 Å². The van der Waals surface area contributed by atoms with Crippen LogP contribution in [0, 0.1) is 13.8 Å². The topological polar surface area (TPSA) is 0 Å². The summed E-state index contributed by atoms with van der Waals surface area (Å²) in [5.74, 6) is 0. The fourth-order valence-corrected chi connectivity index (χ4v) is 1.12. The van der Waals surface area contributed by atoms with Gasteiger partial charge in [0.05, 0.1) is 0 Å². The number of rotatable bonds is 1. The number of aryl methyl sites for hydroxylation is 2. The molecule has 0 aliphatic rings. The van der Waals surface area contributed by atoms with Gasteiger partial charge in [-0.25, -0.2) is 0 Å². The van der Waals surface area contributed by atoms with Crippen LogP contribution in [0.25, 0.3) is 6.08 Å². The van der Waals surface area contributed by atoms with Gasteiger partial charge in [-0.05, 0) is 59.6 Å². The highest BCUT2D eigenvalue weighted by Crippen LogP contribution is 2.11. The van der Waals surface area contributed by atoms with Gasteiger partial charge in [0, 0.05) is 0 Å². The summed E-state index contributed by atoms with van der Waals surface area (Å²) < 4.78 is 0. The quantitative estimate of drug-likeness (QED) is 0.477. The Bertz CT molecular complexity index is 400. The standard InChI is InChI=1S/C11H14.2C4H8.CH4/c1-4-5-11-8-9(2)6-7-10(11)3;2*1-4(2)3;/h4-8H,1-3H3;2*1H2,2-3H3;1H4. The summed E-state index contributed by atoms with van der Waals surface area (Å²) in [5.41, 5.74) is 6.32. The molecule has 0 saturated heterocycles. The number of allylic oxidation sites excluding steroid dienone is 3. The summed E-state index contributed by atoms with van der Waals surface area (Å²) in [5, 5.41) is 0. The van der Waals surface area contributed by atoms with Crippen molar-refractivity contribution >= 4 is 6.08 Å². The van der Waals surface area contributed by atoms with Gasteiger partial charge in [-0.2, -0.15) is 0 Å². The molecule has 0 heteroatoms. The van der Waals surface area contributed by atoms with E-state index in [1.54, 1.807) is 0 Å². The lowest BCUT2D eigenvalue weighted by Gasteiger charge is -2.00. The van der Waals surface area contributed by atoms with Crippen LogP contribution in [0.4, 0.5) is 0 Å². The Balaban J connectivity index is -0.000000272. The van der Waals surface area contributed by atoms with Crippen molar-refractivity contribution in [1.29, 1.82) is 0 Å². The predicted octanol–water partition coefficient (Wildman–Crippen LogP) is 7.14. The minimum Gasteiger partial charge on any atom is -0.100 e. The van der Waals surface area contributed by atoms with Crippen molar-refractivity contribution in [2.24, 2.45) is 0 Å². The van der Waals surface area contributed by atoms with E-state index in [-0.39, 0.29) is 7.43 Å². The first-order valence-corrected chi connectivity index (χ1v) is 6.64. The SMILES string of the molecule is C.C=C(C)C.C=C(C)C.CC=Cc1cc(C)ccc1C. The Kier molecular flexibility index (Phi) is 16.3. The van der Waals surface area contributed by atoms with E-state index >= 15 is 0 Å². The summed E-state index contributed by atoms with van der Waals surface area (Å²) in [6, 6.07) is 6.50. The van der Waals surface area contributed by atoms with Crippen LogP contribution < -0.4 is 0 Å². The molecule has 114 valence electrons. The normalized spacial score (nSPS) is 8.55. The molecule has 0 bridgehead atoms. The number of benzene rings is 1. The molecule has 0 spiro atoms. The molecule has 1 aromatic carbocycles. The summed E-state index contributed by atoms with van der Waals surface area (Å²) in [7, 11) is 0. The van der Waals surface area contributed by atoms with Crippen molar-refractivity contribution in [2.45, 2.75) is 55.9 Å². The average Bonchev–Trinajstić information content (AvgIpc) is 2.22. The van der Waals surface area contributed by atoms with Crippen LogP contribution in [0.1, 0.15) is 58.7 Å². The molecule has 0 heterocycles.